The van der Waals surface area contributed by atoms with Crippen molar-refractivity contribution in [2.24, 2.45) is 5.92 Å². The third-order valence-corrected chi connectivity index (χ3v) is 4.39. The van der Waals surface area contributed by atoms with Gasteiger partial charge in [0.1, 0.15) is 5.75 Å². The van der Waals surface area contributed by atoms with Crippen LogP contribution in [0, 0.1) is 5.92 Å². The predicted octanol–water partition coefficient (Wildman–Crippen LogP) is 2.70. The summed E-state index contributed by atoms with van der Waals surface area (Å²) >= 11 is 0. The number of pyridine rings is 1. The van der Waals surface area contributed by atoms with Crippen LogP contribution in [0.25, 0.3) is 0 Å². The molecular formula is C19H25N3O. The number of hydrogen-bond donors (Lipinski definition) is 1. The second-order valence-corrected chi connectivity index (χ2v) is 6.20. The summed E-state index contributed by atoms with van der Waals surface area (Å²) in [7, 11) is 1.74. The lowest BCUT2D eigenvalue weighted by atomic mass is 10.1. The van der Waals surface area contributed by atoms with Crippen molar-refractivity contribution in [1.29, 1.82) is 0 Å². The first kappa shape index (κ1) is 16.0. The Balaban J connectivity index is 1.73. The molecule has 1 atom stereocenters. The molecule has 4 heteroatoms. The molecule has 4 nitrogen and oxygen atoms in total. The molecule has 1 N–H and O–H groups in total. The molecule has 1 fully saturated rings. The van der Waals surface area contributed by atoms with Crippen LogP contribution in [-0.2, 0) is 13.1 Å². The first-order valence-corrected chi connectivity index (χ1v) is 8.29. The molecule has 23 heavy (non-hydrogen) atoms. The summed E-state index contributed by atoms with van der Waals surface area (Å²) in [6.45, 7) is 5.17. The highest BCUT2D eigenvalue weighted by Gasteiger charge is 2.19. The Bertz CT molecular complexity index is 597. The zero-order valence-electron chi connectivity index (χ0n) is 13.7. The monoisotopic (exact) mass is 311 g/mol. The third kappa shape index (κ3) is 4.53. The van der Waals surface area contributed by atoms with E-state index in [0.717, 1.165) is 44.4 Å². The van der Waals surface area contributed by atoms with Gasteiger partial charge in [-0.05, 0) is 43.1 Å². The van der Waals surface area contributed by atoms with E-state index in [-0.39, 0.29) is 0 Å². The van der Waals surface area contributed by atoms with Crippen LogP contribution in [0.3, 0.4) is 0 Å². The molecule has 1 aromatic heterocycles. The van der Waals surface area contributed by atoms with Gasteiger partial charge in [0.25, 0.3) is 0 Å². The molecule has 0 spiro atoms. The van der Waals surface area contributed by atoms with Crippen LogP contribution in [0.2, 0.25) is 0 Å². The second-order valence-electron chi connectivity index (χ2n) is 6.20. The van der Waals surface area contributed by atoms with Gasteiger partial charge in [0.2, 0.25) is 0 Å². The highest BCUT2D eigenvalue weighted by atomic mass is 16.5. The van der Waals surface area contributed by atoms with Gasteiger partial charge in [-0.2, -0.15) is 0 Å². The quantitative estimate of drug-likeness (QED) is 0.853. The predicted molar refractivity (Wildman–Crippen MR) is 92.3 cm³/mol. The summed E-state index contributed by atoms with van der Waals surface area (Å²) in [5, 5.41) is 3.46. The van der Waals surface area contributed by atoms with E-state index in [9.17, 15) is 0 Å². The average Bonchev–Trinajstić information content (AvgIpc) is 3.09. The molecule has 0 bridgehead atoms. The van der Waals surface area contributed by atoms with Crippen molar-refractivity contribution in [3.8, 4) is 5.75 Å². The Morgan fingerprint density at radius 3 is 2.87 bits per heavy atom. The topological polar surface area (TPSA) is 37.4 Å². The highest BCUT2D eigenvalue weighted by Crippen LogP contribution is 2.22. The number of para-hydroxylation sites is 1. The van der Waals surface area contributed by atoms with Gasteiger partial charge < -0.3 is 10.1 Å². The van der Waals surface area contributed by atoms with Crippen LogP contribution in [0.5, 0.6) is 5.75 Å². The molecule has 0 saturated carbocycles. The van der Waals surface area contributed by atoms with Crippen LogP contribution >= 0.6 is 0 Å². The van der Waals surface area contributed by atoms with Crippen LogP contribution in [0.4, 0.5) is 0 Å². The first-order chi connectivity index (χ1) is 11.3. The van der Waals surface area contributed by atoms with Crippen molar-refractivity contribution < 1.29 is 4.74 Å². The van der Waals surface area contributed by atoms with Crippen molar-refractivity contribution in [1.82, 2.24) is 15.2 Å². The minimum absolute atomic E-state index is 0.723. The van der Waals surface area contributed by atoms with Gasteiger partial charge in [0, 0.05) is 37.6 Å². The summed E-state index contributed by atoms with van der Waals surface area (Å²) in [4.78, 5) is 6.75. The molecule has 1 aliphatic rings. The summed E-state index contributed by atoms with van der Waals surface area (Å²) in [6, 6.07) is 12.4. The van der Waals surface area contributed by atoms with E-state index in [4.69, 9.17) is 4.74 Å². The van der Waals surface area contributed by atoms with Crippen molar-refractivity contribution in [2.45, 2.75) is 19.5 Å². The van der Waals surface area contributed by atoms with Crippen molar-refractivity contribution in [2.75, 3.05) is 26.7 Å². The Morgan fingerprint density at radius 2 is 2.13 bits per heavy atom. The summed E-state index contributed by atoms with van der Waals surface area (Å²) in [6.07, 6.45) is 5.05. The molecule has 2 aromatic rings. The first-order valence-electron chi connectivity index (χ1n) is 8.29. The smallest absolute Gasteiger partial charge is 0.123 e. The largest absolute Gasteiger partial charge is 0.496 e. The van der Waals surface area contributed by atoms with Gasteiger partial charge in [0.15, 0.2) is 0 Å². The van der Waals surface area contributed by atoms with Gasteiger partial charge in [-0.1, -0.05) is 24.3 Å². The van der Waals surface area contributed by atoms with Gasteiger partial charge in [0.05, 0.1) is 7.11 Å². The number of nitrogens with zero attached hydrogens (tertiary/aromatic N) is 2. The van der Waals surface area contributed by atoms with E-state index >= 15 is 0 Å². The van der Waals surface area contributed by atoms with E-state index in [0.29, 0.717) is 0 Å². The van der Waals surface area contributed by atoms with E-state index in [1.165, 1.54) is 17.5 Å². The zero-order chi connectivity index (χ0) is 15.9. The molecule has 3 rings (SSSR count). The van der Waals surface area contributed by atoms with E-state index in [2.05, 4.69) is 33.4 Å². The Kier molecular flexibility index (Phi) is 5.61. The normalized spacial score (nSPS) is 17.6. The van der Waals surface area contributed by atoms with Crippen molar-refractivity contribution in [3.05, 3.63) is 59.9 Å². The minimum Gasteiger partial charge on any atom is -0.496 e. The number of benzene rings is 1. The van der Waals surface area contributed by atoms with Gasteiger partial charge in [-0.3, -0.25) is 9.88 Å². The fourth-order valence-electron chi connectivity index (χ4n) is 3.24. The molecule has 0 unspecified atom stereocenters. The standard InChI is InChI=1S/C19H25N3O/c1-23-19-7-3-2-6-18(19)15-22(14-17-8-10-21-12-17)13-16-5-4-9-20-11-16/h2-7,9,11,17,21H,8,10,12-15H2,1H3/t17-/m0/s1. The molecular weight excluding hydrogens is 286 g/mol. The molecule has 1 aliphatic heterocycles. The summed E-state index contributed by atoms with van der Waals surface area (Å²) in [5.41, 5.74) is 2.50. The van der Waals surface area contributed by atoms with E-state index < -0.39 is 0 Å². The number of methoxy groups -OCH3 is 1. The Hall–Kier alpha value is -1.91. The van der Waals surface area contributed by atoms with Crippen LogP contribution in [-0.4, -0.2) is 36.6 Å². The second kappa shape index (κ2) is 8.09. The molecule has 0 amide bonds. The summed E-state index contributed by atoms with van der Waals surface area (Å²) in [5.74, 6) is 1.69. The number of ether oxygens (including phenoxy) is 1. The maximum Gasteiger partial charge on any atom is 0.123 e. The SMILES string of the molecule is COc1ccccc1CN(Cc1cccnc1)C[C@H]1CCNC1. The maximum atomic E-state index is 5.52. The van der Waals surface area contributed by atoms with Crippen LogP contribution < -0.4 is 10.1 Å². The fraction of sp³-hybridized carbons (Fsp3) is 0.421. The number of nitrogens with one attached hydrogen (secondary N) is 1. The fourth-order valence-corrected chi connectivity index (χ4v) is 3.24. The van der Waals surface area contributed by atoms with E-state index in [1.54, 1.807) is 7.11 Å². The average molecular weight is 311 g/mol. The molecule has 122 valence electrons. The van der Waals surface area contributed by atoms with E-state index in [1.807, 2.05) is 30.6 Å². The minimum atomic E-state index is 0.723. The zero-order valence-corrected chi connectivity index (χ0v) is 13.7. The lowest BCUT2D eigenvalue weighted by Crippen LogP contribution is -2.30. The number of hydrogen-bond acceptors (Lipinski definition) is 4. The van der Waals surface area contributed by atoms with Crippen molar-refractivity contribution >= 4 is 0 Å². The maximum absolute atomic E-state index is 5.52. The lowest BCUT2D eigenvalue weighted by Gasteiger charge is -2.26. The highest BCUT2D eigenvalue weighted by molar-refractivity contribution is 5.33. The third-order valence-electron chi connectivity index (χ3n) is 4.39. The number of aromatic nitrogens is 1. The van der Waals surface area contributed by atoms with Gasteiger partial charge >= 0.3 is 0 Å². The molecule has 1 saturated heterocycles. The number of rotatable bonds is 7. The molecule has 0 aliphatic carbocycles. The lowest BCUT2D eigenvalue weighted by molar-refractivity contribution is 0.217. The van der Waals surface area contributed by atoms with Crippen LogP contribution in [0.1, 0.15) is 17.5 Å². The van der Waals surface area contributed by atoms with Crippen LogP contribution in [0.15, 0.2) is 48.8 Å². The molecule has 2 heterocycles. The summed E-state index contributed by atoms with van der Waals surface area (Å²) < 4.78 is 5.52. The van der Waals surface area contributed by atoms with Gasteiger partial charge in [-0.25, -0.2) is 0 Å². The van der Waals surface area contributed by atoms with Crippen molar-refractivity contribution in [3.63, 3.8) is 0 Å². The molecule has 1 aromatic carbocycles. The Labute approximate surface area is 138 Å². The Morgan fingerprint density at radius 1 is 1.22 bits per heavy atom. The molecule has 0 radical (unpaired) electrons. The van der Waals surface area contributed by atoms with Gasteiger partial charge in [-0.15, -0.1) is 0 Å².